The number of hydrogen-bond acceptors (Lipinski definition) is 6. The van der Waals surface area contributed by atoms with Gasteiger partial charge in [-0.15, -0.1) is 0 Å². The Labute approximate surface area is 115 Å². The van der Waals surface area contributed by atoms with Crippen molar-refractivity contribution >= 4 is 38.5 Å². The van der Waals surface area contributed by atoms with Gasteiger partial charge in [0.25, 0.3) is 0 Å². The van der Waals surface area contributed by atoms with E-state index in [0.717, 1.165) is 0 Å². The minimum atomic E-state index is -3.26. The van der Waals surface area contributed by atoms with Gasteiger partial charge in [-0.2, -0.15) is 15.1 Å². The van der Waals surface area contributed by atoms with Crippen LogP contribution in [0.25, 0.3) is 11.0 Å². The molecule has 0 amide bonds. The number of aromatic amines is 1. The summed E-state index contributed by atoms with van der Waals surface area (Å²) >= 11 is 5.76. The molecule has 0 bridgehead atoms. The molecule has 0 aliphatic heterocycles. The Balaban J connectivity index is 2.08. The van der Waals surface area contributed by atoms with E-state index < -0.39 is 10.0 Å². The Hall–Kier alpha value is -1.45. The molecule has 2 aromatic heterocycles. The number of rotatable bonds is 6. The monoisotopic (exact) mass is 304 g/mol. The zero-order chi connectivity index (χ0) is 13.9. The van der Waals surface area contributed by atoms with Crippen molar-refractivity contribution in [3.05, 3.63) is 11.5 Å². The number of aromatic nitrogens is 4. The summed E-state index contributed by atoms with van der Waals surface area (Å²) in [6.07, 6.45) is 1.55. The maximum Gasteiger partial charge on any atom is 0.226 e. The predicted octanol–water partition coefficient (Wildman–Crippen LogP) is 0.357. The summed E-state index contributed by atoms with van der Waals surface area (Å²) in [7, 11) is -3.26. The van der Waals surface area contributed by atoms with Crippen molar-refractivity contribution in [3.8, 4) is 0 Å². The second-order valence-corrected chi connectivity index (χ2v) is 5.98. The lowest BCUT2D eigenvalue weighted by molar-refractivity contribution is 0.584. The lowest BCUT2D eigenvalue weighted by atomic mass is 10.4. The summed E-state index contributed by atoms with van der Waals surface area (Å²) in [5, 5.41) is 10.1. The molecule has 0 saturated carbocycles. The zero-order valence-electron chi connectivity index (χ0n) is 10.1. The Morgan fingerprint density at radius 2 is 2.21 bits per heavy atom. The molecule has 0 fully saturated rings. The van der Waals surface area contributed by atoms with Crippen LogP contribution in [-0.2, 0) is 10.0 Å². The number of anilines is 1. The first-order valence-corrected chi connectivity index (χ1v) is 7.62. The summed E-state index contributed by atoms with van der Waals surface area (Å²) in [5.74, 6) is 0.400. The van der Waals surface area contributed by atoms with Crippen molar-refractivity contribution in [2.24, 2.45) is 0 Å². The molecule has 2 rings (SSSR count). The van der Waals surface area contributed by atoms with Crippen LogP contribution in [0.15, 0.2) is 6.20 Å². The Bertz CT molecular complexity index is 670. The summed E-state index contributed by atoms with van der Waals surface area (Å²) in [4.78, 5) is 7.96. The van der Waals surface area contributed by atoms with Crippen LogP contribution in [-0.4, -0.2) is 47.4 Å². The van der Waals surface area contributed by atoms with Gasteiger partial charge in [0.15, 0.2) is 5.65 Å². The summed E-state index contributed by atoms with van der Waals surface area (Å²) in [5.41, 5.74) is 0.497. The third-order valence-corrected chi connectivity index (χ3v) is 3.95. The van der Waals surface area contributed by atoms with Gasteiger partial charge in [0, 0.05) is 13.1 Å². The van der Waals surface area contributed by atoms with Gasteiger partial charge in [0.05, 0.1) is 17.3 Å². The van der Waals surface area contributed by atoms with Gasteiger partial charge in [0.1, 0.15) is 5.82 Å². The maximum absolute atomic E-state index is 11.5. The molecule has 10 heteroatoms. The molecule has 0 spiro atoms. The van der Waals surface area contributed by atoms with Gasteiger partial charge in [-0.05, 0) is 11.6 Å². The molecule has 0 atom stereocenters. The molecular formula is C9H13ClN6O2S. The van der Waals surface area contributed by atoms with Crippen LogP contribution in [0.3, 0.4) is 0 Å². The second kappa shape index (κ2) is 5.68. The molecular weight excluding hydrogens is 292 g/mol. The lowest BCUT2D eigenvalue weighted by Crippen LogP contribution is -2.29. The molecule has 0 unspecified atom stereocenters. The van der Waals surface area contributed by atoms with Gasteiger partial charge in [-0.25, -0.2) is 13.1 Å². The molecule has 8 nitrogen and oxygen atoms in total. The van der Waals surface area contributed by atoms with Gasteiger partial charge in [-0.1, -0.05) is 6.92 Å². The topological polar surface area (TPSA) is 113 Å². The molecule has 104 valence electrons. The maximum atomic E-state index is 11.5. The fraction of sp³-hybridized carbons (Fsp3) is 0.444. The van der Waals surface area contributed by atoms with E-state index in [2.05, 4.69) is 30.2 Å². The first kappa shape index (κ1) is 14.0. The average molecular weight is 305 g/mol. The van der Waals surface area contributed by atoms with E-state index in [9.17, 15) is 8.42 Å². The number of nitrogens with zero attached hydrogens (tertiary/aromatic N) is 3. The molecule has 19 heavy (non-hydrogen) atoms. The van der Waals surface area contributed by atoms with E-state index in [1.807, 2.05) is 0 Å². The number of hydrogen-bond donors (Lipinski definition) is 3. The average Bonchev–Trinajstić information content (AvgIpc) is 2.76. The van der Waals surface area contributed by atoms with E-state index in [0.29, 0.717) is 23.4 Å². The number of fused-ring (bicyclic) bond motifs is 1. The summed E-state index contributed by atoms with van der Waals surface area (Å²) in [6, 6.07) is 0. The van der Waals surface area contributed by atoms with Crippen LogP contribution < -0.4 is 10.0 Å². The third-order valence-electron chi connectivity index (χ3n) is 2.31. The molecule has 2 heterocycles. The minimum absolute atomic E-state index is 0.0538. The molecule has 0 saturated heterocycles. The fourth-order valence-corrected chi connectivity index (χ4v) is 2.66. The van der Waals surface area contributed by atoms with Crippen molar-refractivity contribution in [1.29, 1.82) is 0 Å². The Morgan fingerprint density at radius 1 is 1.42 bits per heavy atom. The van der Waals surface area contributed by atoms with Crippen molar-refractivity contribution < 1.29 is 8.42 Å². The van der Waals surface area contributed by atoms with Crippen molar-refractivity contribution in [2.75, 3.05) is 24.2 Å². The normalized spacial score (nSPS) is 11.9. The summed E-state index contributed by atoms with van der Waals surface area (Å²) in [6.45, 7) is 2.31. The van der Waals surface area contributed by atoms with E-state index in [1.54, 1.807) is 13.1 Å². The fourth-order valence-electron chi connectivity index (χ4n) is 1.54. The highest BCUT2D eigenvalue weighted by atomic mass is 35.5. The standard InChI is InChI=1S/C9H13ClN6O2S/c1-2-13-19(17,18)4-3-11-7-6-5-12-16-8(6)15-9(10)14-7/h5,13H,2-4H2,1H3,(H2,11,12,14,15,16). The lowest BCUT2D eigenvalue weighted by Gasteiger charge is -2.07. The number of H-pyrrole nitrogens is 1. The number of nitrogens with one attached hydrogen (secondary N) is 3. The van der Waals surface area contributed by atoms with Crippen LogP contribution in [0, 0.1) is 0 Å². The van der Waals surface area contributed by atoms with Gasteiger partial charge in [0.2, 0.25) is 15.3 Å². The quantitative estimate of drug-likeness (QED) is 0.664. The van der Waals surface area contributed by atoms with Crippen LogP contribution >= 0.6 is 11.6 Å². The minimum Gasteiger partial charge on any atom is -0.368 e. The first-order valence-electron chi connectivity index (χ1n) is 5.59. The SMILES string of the molecule is CCNS(=O)(=O)CCNc1nc(Cl)nc2[nH]ncc12. The molecule has 2 aromatic rings. The van der Waals surface area contributed by atoms with E-state index >= 15 is 0 Å². The smallest absolute Gasteiger partial charge is 0.226 e. The third kappa shape index (κ3) is 3.52. The van der Waals surface area contributed by atoms with E-state index in [4.69, 9.17) is 11.6 Å². The van der Waals surface area contributed by atoms with Crippen LogP contribution in [0.2, 0.25) is 5.28 Å². The Morgan fingerprint density at radius 3 is 2.95 bits per heavy atom. The van der Waals surface area contributed by atoms with E-state index in [1.165, 1.54) is 0 Å². The first-order chi connectivity index (χ1) is 9.02. The highest BCUT2D eigenvalue weighted by Gasteiger charge is 2.11. The van der Waals surface area contributed by atoms with E-state index in [-0.39, 0.29) is 17.6 Å². The van der Waals surface area contributed by atoms with Gasteiger partial charge < -0.3 is 5.32 Å². The summed E-state index contributed by atoms with van der Waals surface area (Å²) < 4.78 is 25.4. The van der Waals surface area contributed by atoms with Gasteiger partial charge in [-0.3, -0.25) is 5.10 Å². The molecule has 0 aliphatic rings. The molecule has 0 radical (unpaired) electrons. The van der Waals surface area contributed by atoms with Crippen LogP contribution in [0.5, 0.6) is 0 Å². The Kier molecular flexibility index (Phi) is 4.17. The molecule has 0 aliphatic carbocycles. The number of sulfonamides is 1. The van der Waals surface area contributed by atoms with Crippen LogP contribution in [0.1, 0.15) is 6.92 Å². The highest BCUT2D eigenvalue weighted by Crippen LogP contribution is 2.19. The number of halogens is 1. The van der Waals surface area contributed by atoms with Crippen molar-refractivity contribution in [1.82, 2.24) is 24.9 Å². The second-order valence-electron chi connectivity index (χ2n) is 3.72. The van der Waals surface area contributed by atoms with Crippen molar-refractivity contribution in [3.63, 3.8) is 0 Å². The highest BCUT2D eigenvalue weighted by molar-refractivity contribution is 7.89. The van der Waals surface area contributed by atoms with Crippen molar-refractivity contribution in [2.45, 2.75) is 6.92 Å². The zero-order valence-corrected chi connectivity index (χ0v) is 11.7. The molecule has 0 aromatic carbocycles. The largest absolute Gasteiger partial charge is 0.368 e. The van der Waals surface area contributed by atoms with Crippen LogP contribution in [0.4, 0.5) is 5.82 Å². The van der Waals surface area contributed by atoms with Gasteiger partial charge >= 0.3 is 0 Å². The predicted molar refractivity (Wildman–Crippen MR) is 72.6 cm³/mol. The molecule has 3 N–H and O–H groups in total.